The number of nitrogens with one attached hydrogen (secondary N) is 2. The Morgan fingerprint density at radius 3 is 2.09 bits per heavy atom. The Morgan fingerprint density at radius 2 is 1.45 bits per heavy atom. The van der Waals surface area contributed by atoms with Crippen LogP contribution in [0.5, 0.6) is 0 Å². The fourth-order valence-electron chi connectivity index (χ4n) is 5.18. The Morgan fingerprint density at radius 1 is 0.864 bits per heavy atom. The van der Waals surface area contributed by atoms with Crippen molar-refractivity contribution < 1.29 is 29.0 Å². The number of esters is 1. The number of rotatable bonds is 12. The third-order valence-corrected chi connectivity index (χ3v) is 7.58. The summed E-state index contributed by atoms with van der Waals surface area (Å²) in [6.07, 6.45) is 5.49. The first-order valence-corrected chi connectivity index (χ1v) is 15.2. The zero-order chi connectivity index (χ0) is 31.0. The third-order valence-electron chi connectivity index (χ3n) is 7.58. The normalized spacial score (nSPS) is 20.0. The Bertz CT molecular complexity index is 1330. The lowest BCUT2D eigenvalue weighted by molar-refractivity contribution is -0.150. The predicted octanol–water partition coefficient (Wildman–Crippen LogP) is 4.17. The molecule has 0 radical (unpaired) electrons. The van der Waals surface area contributed by atoms with Crippen molar-refractivity contribution in [1.82, 2.24) is 10.6 Å². The molecule has 3 N–H and O–H groups in total. The minimum Gasteiger partial charge on any atom is -0.463 e. The van der Waals surface area contributed by atoms with Crippen LogP contribution in [0.2, 0.25) is 0 Å². The lowest BCUT2D eigenvalue weighted by Crippen LogP contribution is -2.46. The smallest absolute Gasteiger partial charge is 0.309 e. The molecule has 0 aromatic heterocycles. The van der Waals surface area contributed by atoms with E-state index in [1.165, 1.54) is 0 Å². The van der Waals surface area contributed by atoms with Crippen molar-refractivity contribution in [2.45, 2.75) is 50.8 Å². The van der Waals surface area contributed by atoms with E-state index in [2.05, 4.69) is 10.6 Å². The highest BCUT2D eigenvalue weighted by molar-refractivity contribution is 5.86. The number of benzene rings is 3. The van der Waals surface area contributed by atoms with Crippen molar-refractivity contribution in [3.05, 3.63) is 120 Å². The molecule has 0 fully saturated rings. The van der Waals surface area contributed by atoms with Crippen LogP contribution >= 0.6 is 0 Å². The largest absolute Gasteiger partial charge is 0.463 e. The quantitative estimate of drug-likeness (QED) is 0.213. The number of carbonyl (C=O) groups is 3. The van der Waals surface area contributed by atoms with Gasteiger partial charge in [0.15, 0.2) is 0 Å². The molecule has 1 aliphatic heterocycles. The van der Waals surface area contributed by atoms with Gasteiger partial charge in [0.1, 0.15) is 6.61 Å². The van der Waals surface area contributed by atoms with Gasteiger partial charge in [-0.2, -0.15) is 0 Å². The van der Waals surface area contributed by atoms with Crippen LogP contribution < -0.4 is 10.6 Å². The van der Waals surface area contributed by atoms with Crippen LogP contribution in [0.15, 0.2) is 103 Å². The average Bonchev–Trinajstić information content (AvgIpc) is 3.04. The number of ether oxygens (including phenoxy) is 2. The van der Waals surface area contributed by atoms with Gasteiger partial charge >= 0.3 is 5.97 Å². The van der Waals surface area contributed by atoms with Crippen molar-refractivity contribution in [3.63, 3.8) is 0 Å². The van der Waals surface area contributed by atoms with Crippen LogP contribution in [0.1, 0.15) is 36.0 Å². The van der Waals surface area contributed by atoms with Crippen LogP contribution in [-0.2, 0) is 43.3 Å². The van der Waals surface area contributed by atoms with E-state index in [1.807, 2.05) is 103 Å². The van der Waals surface area contributed by atoms with Gasteiger partial charge in [0.2, 0.25) is 11.8 Å². The molecule has 8 nitrogen and oxygen atoms in total. The monoisotopic (exact) mass is 598 g/mol. The van der Waals surface area contributed by atoms with Gasteiger partial charge in [0, 0.05) is 6.42 Å². The van der Waals surface area contributed by atoms with E-state index in [4.69, 9.17) is 9.47 Å². The van der Waals surface area contributed by atoms with Crippen LogP contribution in [0, 0.1) is 11.8 Å². The number of amides is 2. The van der Waals surface area contributed by atoms with E-state index in [1.54, 1.807) is 0 Å². The second kappa shape index (κ2) is 17.8. The lowest BCUT2D eigenvalue weighted by atomic mass is 9.94. The van der Waals surface area contributed by atoms with Gasteiger partial charge in [-0.05, 0) is 42.4 Å². The highest BCUT2D eigenvalue weighted by atomic mass is 16.5. The molecule has 1 aliphatic rings. The molecule has 4 atom stereocenters. The standard InChI is InChI=1S/C36H42N2O6/c39-23-32(21-28-14-6-2-7-15-28)37-34(40)22-30-18-10-11-19-31(20-27-12-4-1-5-13-27)36(42)44-26-33(38-35(30)41)25-43-24-29-16-8-3-9-17-29/h1-17,30-33,39H,18-26H2,(H,37,40)(H,38,41)/t30-,31-,32+,33+/m1/s1. The maximum atomic E-state index is 13.5. The summed E-state index contributed by atoms with van der Waals surface area (Å²) in [5.74, 6) is -2.00. The summed E-state index contributed by atoms with van der Waals surface area (Å²) < 4.78 is 11.6. The average molecular weight is 599 g/mol. The molecule has 3 aromatic rings. The minimum atomic E-state index is -0.651. The van der Waals surface area contributed by atoms with Gasteiger partial charge in [-0.1, -0.05) is 103 Å². The van der Waals surface area contributed by atoms with Crippen LogP contribution in [-0.4, -0.2) is 54.8 Å². The summed E-state index contributed by atoms with van der Waals surface area (Å²) in [6.45, 7) is 0.218. The van der Waals surface area contributed by atoms with Crippen LogP contribution in [0.3, 0.4) is 0 Å². The maximum Gasteiger partial charge on any atom is 0.309 e. The van der Waals surface area contributed by atoms with Gasteiger partial charge in [-0.15, -0.1) is 0 Å². The Balaban J connectivity index is 1.44. The molecule has 0 spiro atoms. The van der Waals surface area contributed by atoms with E-state index in [0.29, 0.717) is 32.3 Å². The topological polar surface area (TPSA) is 114 Å². The molecule has 0 saturated heterocycles. The first-order valence-electron chi connectivity index (χ1n) is 15.2. The molecule has 2 amide bonds. The number of cyclic esters (lactones) is 1. The molecule has 3 aromatic carbocycles. The van der Waals surface area contributed by atoms with Gasteiger partial charge < -0.3 is 25.2 Å². The molecule has 4 rings (SSSR count). The second-order valence-electron chi connectivity index (χ2n) is 11.2. The van der Waals surface area contributed by atoms with Crippen LogP contribution in [0.4, 0.5) is 0 Å². The Labute approximate surface area is 259 Å². The van der Waals surface area contributed by atoms with E-state index in [-0.39, 0.29) is 49.9 Å². The number of aliphatic hydroxyl groups is 1. The molecule has 44 heavy (non-hydrogen) atoms. The number of allylic oxidation sites excluding steroid dienone is 2. The SMILES string of the molecule is O=C(C[C@H]1CC=CC[C@H](Cc2ccccc2)C(=O)OC[C@H](COCc2ccccc2)NC1=O)N[C@H](CO)Cc1ccccc1. The van der Waals surface area contributed by atoms with Gasteiger partial charge in [0.05, 0.1) is 43.7 Å². The first kappa shape index (κ1) is 32.6. The number of hydrogen-bond donors (Lipinski definition) is 3. The predicted molar refractivity (Wildman–Crippen MR) is 168 cm³/mol. The van der Waals surface area contributed by atoms with Crippen molar-refractivity contribution in [2.24, 2.45) is 11.8 Å². The molecule has 8 heteroatoms. The highest BCUT2D eigenvalue weighted by Crippen LogP contribution is 2.18. The first-order chi connectivity index (χ1) is 21.5. The fourth-order valence-corrected chi connectivity index (χ4v) is 5.18. The van der Waals surface area contributed by atoms with Crippen LogP contribution in [0.25, 0.3) is 0 Å². The Hall–Kier alpha value is -4.27. The molecular formula is C36H42N2O6. The summed E-state index contributed by atoms with van der Waals surface area (Å²) in [6, 6.07) is 28.0. The summed E-state index contributed by atoms with van der Waals surface area (Å²) in [4.78, 5) is 39.7. The van der Waals surface area contributed by atoms with Crippen molar-refractivity contribution >= 4 is 17.8 Å². The molecule has 1 heterocycles. The van der Waals surface area contributed by atoms with Gasteiger partial charge in [-0.25, -0.2) is 0 Å². The fraction of sp³-hybridized carbons (Fsp3) is 0.361. The molecule has 0 bridgehead atoms. The molecule has 0 saturated carbocycles. The zero-order valence-corrected chi connectivity index (χ0v) is 25.0. The van der Waals surface area contributed by atoms with Crippen molar-refractivity contribution in [2.75, 3.05) is 19.8 Å². The Kier molecular flexibility index (Phi) is 13.2. The minimum absolute atomic E-state index is 0.0447. The van der Waals surface area contributed by atoms with Gasteiger partial charge in [0.25, 0.3) is 0 Å². The van der Waals surface area contributed by atoms with E-state index >= 15 is 0 Å². The molecule has 0 unspecified atom stereocenters. The molecule has 232 valence electrons. The summed E-state index contributed by atoms with van der Waals surface area (Å²) >= 11 is 0. The summed E-state index contributed by atoms with van der Waals surface area (Å²) in [5.41, 5.74) is 3.02. The maximum absolute atomic E-state index is 13.5. The highest BCUT2D eigenvalue weighted by Gasteiger charge is 2.27. The molecule has 0 aliphatic carbocycles. The lowest BCUT2D eigenvalue weighted by Gasteiger charge is -2.25. The summed E-state index contributed by atoms with van der Waals surface area (Å²) in [5, 5.41) is 15.7. The summed E-state index contributed by atoms with van der Waals surface area (Å²) in [7, 11) is 0. The van der Waals surface area contributed by atoms with Crippen molar-refractivity contribution in [3.8, 4) is 0 Å². The number of aliphatic hydroxyl groups excluding tert-OH is 1. The van der Waals surface area contributed by atoms with Crippen molar-refractivity contribution in [1.29, 1.82) is 0 Å². The molecular weight excluding hydrogens is 556 g/mol. The number of carbonyl (C=O) groups excluding carboxylic acids is 3. The van der Waals surface area contributed by atoms with E-state index in [9.17, 15) is 19.5 Å². The second-order valence-corrected chi connectivity index (χ2v) is 11.2. The number of hydrogen-bond acceptors (Lipinski definition) is 6. The third kappa shape index (κ3) is 11.1. The van der Waals surface area contributed by atoms with E-state index in [0.717, 1.165) is 16.7 Å². The van der Waals surface area contributed by atoms with Gasteiger partial charge in [-0.3, -0.25) is 14.4 Å². The van der Waals surface area contributed by atoms with E-state index < -0.39 is 18.0 Å². The zero-order valence-electron chi connectivity index (χ0n) is 25.0.